The molecule has 0 atom stereocenters. The van der Waals surface area contributed by atoms with E-state index in [1.807, 2.05) is 0 Å². The Balaban J connectivity index is 2.36. The van der Waals surface area contributed by atoms with Crippen molar-refractivity contribution in [3.8, 4) is 0 Å². The zero-order chi connectivity index (χ0) is 9.19. The molecule has 0 heterocycles. The van der Waals surface area contributed by atoms with Gasteiger partial charge in [-0.15, -0.1) is 0 Å². The highest BCUT2D eigenvalue weighted by molar-refractivity contribution is 7.86. The van der Waals surface area contributed by atoms with Gasteiger partial charge in [-0.05, 0) is 25.7 Å². The Bertz CT molecular complexity index is 229. The van der Waals surface area contributed by atoms with Crippen molar-refractivity contribution < 1.29 is 12.6 Å². The van der Waals surface area contributed by atoms with Gasteiger partial charge in [0, 0.05) is 6.04 Å². The van der Waals surface area contributed by atoms with E-state index in [0.717, 1.165) is 31.9 Å². The first-order valence-electron chi connectivity index (χ1n) is 4.11. The monoisotopic (exact) mass is 193 g/mol. The molecule has 0 aromatic carbocycles. The molecule has 1 aliphatic rings. The summed E-state index contributed by atoms with van der Waals surface area (Å²) < 4.78 is 26.3. The van der Waals surface area contributed by atoms with E-state index in [2.05, 4.69) is 0 Å². The molecule has 0 aromatic heterocycles. The molecule has 0 aromatic rings. The molecule has 4 nitrogen and oxygen atoms in total. The lowest BCUT2D eigenvalue weighted by Crippen LogP contribution is -2.31. The van der Waals surface area contributed by atoms with Gasteiger partial charge in [0.2, 0.25) is 0 Å². The van der Waals surface area contributed by atoms with Crippen LogP contribution < -0.4 is 5.73 Å². The Morgan fingerprint density at radius 3 is 2.17 bits per heavy atom. The predicted octanol–water partition coefficient (Wildman–Crippen LogP) is 0.232. The minimum atomic E-state index is -3.28. The van der Waals surface area contributed by atoms with Crippen LogP contribution >= 0.6 is 0 Å². The summed E-state index contributed by atoms with van der Waals surface area (Å²) in [5.41, 5.74) is 5.66. The molecule has 0 aliphatic heterocycles. The van der Waals surface area contributed by atoms with Crippen LogP contribution in [-0.4, -0.2) is 26.8 Å². The van der Waals surface area contributed by atoms with E-state index in [4.69, 9.17) is 9.92 Å². The third kappa shape index (κ3) is 3.51. The van der Waals surface area contributed by atoms with Crippen molar-refractivity contribution >= 4 is 10.1 Å². The zero-order valence-corrected chi connectivity index (χ0v) is 8.01. The highest BCUT2D eigenvalue weighted by Crippen LogP contribution is 2.20. The van der Waals surface area contributed by atoms with Gasteiger partial charge in [0.25, 0.3) is 10.1 Å². The van der Waals surface area contributed by atoms with Gasteiger partial charge in [0.15, 0.2) is 0 Å². The molecule has 0 bridgehead atoms. The van der Waals surface area contributed by atoms with Gasteiger partial charge < -0.3 is 5.73 Å². The molecule has 1 fully saturated rings. The average molecular weight is 193 g/mol. The molecule has 12 heavy (non-hydrogen) atoms. The van der Waals surface area contributed by atoms with Crippen LogP contribution in [0.4, 0.5) is 0 Å². The lowest BCUT2D eigenvalue weighted by Gasteiger charge is -2.24. The molecule has 0 spiro atoms. The van der Waals surface area contributed by atoms with Crippen molar-refractivity contribution in [1.29, 1.82) is 0 Å². The summed E-state index contributed by atoms with van der Waals surface area (Å²) in [6.45, 7) is 0. The SMILES string of the molecule is CS(=O)(=O)OC1CCC(N)CC1. The third-order valence-electron chi connectivity index (χ3n) is 2.03. The third-order valence-corrected chi connectivity index (χ3v) is 2.65. The molecule has 1 aliphatic carbocycles. The van der Waals surface area contributed by atoms with Crippen molar-refractivity contribution in [2.24, 2.45) is 5.73 Å². The van der Waals surface area contributed by atoms with Gasteiger partial charge in [-0.2, -0.15) is 8.42 Å². The molecule has 1 rings (SSSR count). The van der Waals surface area contributed by atoms with E-state index in [1.54, 1.807) is 0 Å². The lowest BCUT2D eigenvalue weighted by atomic mass is 9.94. The summed E-state index contributed by atoms with van der Waals surface area (Å²) in [4.78, 5) is 0. The van der Waals surface area contributed by atoms with Crippen LogP contribution in [0.15, 0.2) is 0 Å². The fourth-order valence-corrected chi connectivity index (χ4v) is 2.12. The second kappa shape index (κ2) is 3.72. The first kappa shape index (κ1) is 9.95. The highest BCUT2D eigenvalue weighted by Gasteiger charge is 2.21. The van der Waals surface area contributed by atoms with Gasteiger partial charge in [-0.3, -0.25) is 4.18 Å². The fraction of sp³-hybridized carbons (Fsp3) is 1.00. The Labute approximate surface area is 73.2 Å². The van der Waals surface area contributed by atoms with Gasteiger partial charge in [-0.25, -0.2) is 0 Å². The van der Waals surface area contributed by atoms with Gasteiger partial charge in [0.05, 0.1) is 12.4 Å². The maximum atomic E-state index is 10.7. The molecule has 1 saturated carbocycles. The van der Waals surface area contributed by atoms with Crippen LogP contribution in [0.5, 0.6) is 0 Å². The largest absolute Gasteiger partial charge is 0.328 e. The van der Waals surface area contributed by atoms with Gasteiger partial charge in [0.1, 0.15) is 0 Å². The van der Waals surface area contributed by atoms with Crippen LogP contribution in [0.25, 0.3) is 0 Å². The Morgan fingerprint density at radius 1 is 1.25 bits per heavy atom. The minimum absolute atomic E-state index is 0.139. The fourth-order valence-electron chi connectivity index (χ4n) is 1.43. The molecule has 0 unspecified atom stereocenters. The number of rotatable bonds is 2. The van der Waals surface area contributed by atoms with Crippen molar-refractivity contribution in [1.82, 2.24) is 0 Å². The number of hydrogen-bond donors (Lipinski definition) is 1. The van der Waals surface area contributed by atoms with E-state index in [0.29, 0.717) is 0 Å². The van der Waals surface area contributed by atoms with Crippen molar-refractivity contribution in [2.75, 3.05) is 6.26 Å². The van der Waals surface area contributed by atoms with E-state index in [9.17, 15) is 8.42 Å². The van der Waals surface area contributed by atoms with Crippen molar-refractivity contribution in [3.05, 3.63) is 0 Å². The standard InChI is InChI=1S/C7H15NO3S/c1-12(9,10)11-7-4-2-6(8)3-5-7/h6-7H,2-5,8H2,1H3. The predicted molar refractivity (Wildman–Crippen MR) is 46.2 cm³/mol. The molecule has 2 N–H and O–H groups in total. The van der Waals surface area contributed by atoms with E-state index in [-0.39, 0.29) is 12.1 Å². The lowest BCUT2D eigenvalue weighted by molar-refractivity contribution is 0.155. The average Bonchev–Trinajstić information content (AvgIpc) is 1.91. The van der Waals surface area contributed by atoms with E-state index >= 15 is 0 Å². The van der Waals surface area contributed by atoms with Crippen LogP contribution in [0.1, 0.15) is 25.7 Å². The van der Waals surface area contributed by atoms with Gasteiger partial charge in [-0.1, -0.05) is 0 Å². The summed E-state index contributed by atoms with van der Waals surface area (Å²) in [6.07, 6.45) is 4.18. The number of hydrogen-bond acceptors (Lipinski definition) is 4. The first-order chi connectivity index (χ1) is 5.47. The maximum absolute atomic E-state index is 10.7. The second-order valence-corrected chi connectivity index (χ2v) is 4.94. The molecule has 5 heteroatoms. The molecule has 0 radical (unpaired) electrons. The Morgan fingerprint density at radius 2 is 1.75 bits per heavy atom. The van der Waals surface area contributed by atoms with Crippen LogP contribution in [0.2, 0.25) is 0 Å². The van der Waals surface area contributed by atoms with Crippen LogP contribution in [0, 0.1) is 0 Å². The summed E-state index contributed by atoms with van der Waals surface area (Å²) in [7, 11) is -3.28. The molecule has 72 valence electrons. The number of nitrogens with two attached hydrogens (primary N) is 1. The normalized spacial score (nSPS) is 31.8. The van der Waals surface area contributed by atoms with E-state index in [1.165, 1.54) is 0 Å². The topological polar surface area (TPSA) is 69.4 Å². The van der Waals surface area contributed by atoms with E-state index < -0.39 is 10.1 Å². The van der Waals surface area contributed by atoms with Crippen molar-refractivity contribution in [3.63, 3.8) is 0 Å². The summed E-state index contributed by atoms with van der Waals surface area (Å²) in [6, 6.07) is 0.226. The van der Waals surface area contributed by atoms with Crippen LogP contribution in [0.3, 0.4) is 0 Å². The molecular weight excluding hydrogens is 178 g/mol. The minimum Gasteiger partial charge on any atom is -0.328 e. The first-order valence-corrected chi connectivity index (χ1v) is 5.93. The zero-order valence-electron chi connectivity index (χ0n) is 7.19. The second-order valence-electron chi connectivity index (χ2n) is 3.34. The molecular formula is C7H15NO3S. The molecule has 0 saturated heterocycles. The van der Waals surface area contributed by atoms with Gasteiger partial charge >= 0.3 is 0 Å². The summed E-state index contributed by atoms with van der Waals surface area (Å²) in [5.74, 6) is 0. The smallest absolute Gasteiger partial charge is 0.264 e. The Kier molecular flexibility index (Phi) is 3.09. The van der Waals surface area contributed by atoms with Crippen LogP contribution in [-0.2, 0) is 14.3 Å². The molecule has 0 amide bonds. The van der Waals surface area contributed by atoms with Crippen molar-refractivity contribution in [2.45, 2.75) is 37.8 Å². The maximum Gasteiger partial charge on any atom is 0.264 e. The Hall–Kier alpha value is -0.130. The summed E-state index contributed by atoms with van der Waals surface area (Å²) >= 11 is 0. The summed E-state index contributed by atoms with van der Waals surface area (Å²) in [5, 5.41) is 0. The quantitative estimate of drug-likeness (QED) is 0.637. The highest BCUT2D eigenvalue weighted by atomic mass is 32.2.